The summed E-state index contributed by atoms with van der Waals surface area (Å²) >= 11 is 0. The molecular weight excluding hydrogens is 508 g/mol. The summed E-state index contributed by atoms with van der Waals surface area (Å²) in [7, 11) is 3.28. The van der Waals surface area contributed by atoms with Crippen LogP contribution in [0.25, 0.3) is 10.9 Å². The summed E-state index contributed by atoms with van der Waals surface area (Å²) in [5, 5.41) is 13.9. The Bertz CT molecular complexity index is 1640. The zero-order valence-corrected chi connectivity index (χ0v) is 22.6. The molecule has 1 unspecified atom stereocenters. The van der Waals surface area contributed by atoms with E-state index in [1.165, 1.54) is 0 Å². The Morgan fingerprint density at radius 2 is 1.85 bits per heavy atom. The number of H-pyrrole nitrogens is 1. The molecule has 0 aliphatic heterocycles. The fraction of sp³-hybridized carbons (Fsp3) is 0.333. The number of nitrogens with one attached hydrogen (secondary N) is 1. The number of ether oxygens (including phenoxy) is 2. The zero-order chi connectivity index (χ0) is 27.5. The van der Waals surface area contributed by atoms with Crippen LogP contribution in [-0.2, 0) is 13.1 Å². The summed E-state index contributed by atoms with van der Waals surface area (Å²) in [6, 6.07) is 18.9. The molecule has 6 rings (SSSR count). The summed E-state index contributed by atoms with van der Waals surface area (Å²) in [6.45, 7) is 0.928. The number of tetrazole rings is 1. The van der Waals surface area contributed by atoms with Crippen molar-refractivity contribution in [2.45, 2.75) is 50.9 Å². The van der Waals surface area contributed by atoms with Gasteiger partial charge in [0, 0.05) is 23.0 Å². The molecule has 1 aliphatic rings. The monoisotopic (exact) mass is 540 g/mol. The Morgan fingerprint density at radius 3 is 2.62 bits per heavy atom. The predicted molar refractivity (Wildman–Crippen MR) is 149 cm³/mol. The lowest BCUT2D eigenvalue weighted by Crippen LogP contribution is -2.35. The van der Waals surface area contributed by atoms with Crippen molar-refractivity contribution >= 4 is 10.9 Å². The maximum atomic E-state index is 13.8. The van der Waals surface area contributed by atoms with Gasteiger partial charge in [-0.25, -0.2) is 4.68 Å². The van der Waals surface area contributed by atoms with E-state index in [4.69, 9.17) is 13.9 Å². The van der Waals surface area contributed by atoms with Gasteiger partial charge in [-0.15, -0.1) is 5.10 Å². The first-order valence-electron chi connectivity index (χ1n) is 13.5. The van der Waals surface area contributed by atoms with Crippen molar-refractivity contribution in [3.05, 3.63) is 100.0 Å². The lowest BCUT2D eigenvalue weighted by Gasteiger charge is -2.31. The number of aromatic nitrogens is 5. The summed E-state index contributed by atoms with van der Waals surface area (Å²) in [5.41, 5.74) is 2.10. The Balaban J connectivity index is 1.53. The van der Waals surface area contributed by atoms with Gasteiger partial charge in [0.05, 0.1) is 33.1 Å². The number of pyridine rings is 1. The van der Waals surface area contributed by atoms with Crippen molar-refractivity contribution in [3.63, 3.8) is 0 Å². The van der Waals surface area contributed by atoms with Crippen LogP contribution in [0, 0.1) is 0 Å². The lowest BCUT2D eigenvalue weighted by molar-refractivity contribution is 0.176. The van der Waals surface area contributed by atoms with Gasteiger partial charge in [-0.2, -0.15) is 0 Å². The maximum absolute atomic E-state index is 13.8. The van der Waals surface area contributed by atoms with Crippen molar-refractivity contribution in [2.24, 2.45) is 0 Å². The number of hydrogen-bond acceptors (Lipinski definition) is 8. The fourth-order valence-electron chi connectivity index (χ4n) is 5.67. The van der Waals surface area contributed by atoms with Gasteiger partial charge in [0.2, 0.25) is 0 Å². The average molecular weight is 541 g/mol. The smallest absolute Gasteiger partial charge is 0.253 e. The first-order chi connectivity index (χ1) is 19.6. The second kappa shape index (κ2) is 11.4. The Kier molecular flexibility index (Phi) is 7.33. The molecule has 1 saturated carbocycles. The molecule has 3 heterocycles. The van der Waals surface area contributed by atoms with E-state index in [-0.39, 0.29) is 11.6 Å². The Morgan fingerprint density at radius 1 is 1.02 bits per heavy atom. The van der Waals surface area contributed by atoms with Gasteiger partial charge in [-0.05, 0) is 77.4 Å². The van der Waals surface area contributed by atoms with Gasteiger partial charge < -0.3 is 18.9 Å². The first kappa shape index (κ1) is 25.8. The average Bonchev–Trinajstić information content (AvgIpc) is 3.77. The van der Waals surface area contributed by atoms with Crippen LogP contribution in [0.1, 0.15) is 60.5 Å². The highest BCUT2D eigenvalue weighted by Crippen LogP contribution is 2.35. The summed E-state index contributed by atoms with van der Waals surface area (Å²) in [6.07, 6.45) is 5.93. The van der Waals surface area contributed by atoms with Crippen molar-refractivity contribution in [3.8, 4) is 11.5 Å². The standard InChI is InChI=1S/C30H32N6O4/c1-38-23-10-5-7-20(15-23)18-35(19-25-11-6-14-40-25)28(29-32-33-34-36(29)22-8-3-4-9-22)26-17-21-16-24(39-2)12-13-27(21)31-30(26)37/h5-7,10-17,22,28H,3-4,8-9,18-19H2,1-2H3,(H,31,37). The number of benzene rings is 2. The molecule has 206 valence electrons. The highest BCUT2D eigenvalue weighted by molar-refractivity contribution is 5.80. The topological polar surface area (TPSA) is 111 Å². The van der Waals surface area contributed by atoms with E-state index >= 15 is 0 Å². The largest absolute Gasteiger partial charge is 0.497 e. The van der Waals surface area contributed by atoms with Crippen molar-refractivity contribution < 1.29 is 13.9 Å². The third-order valence-corrected chi connectivity index (χ3v) is 7.63. The normalized spacial score (nSPS) is 14.7. The van der Waals surface area contributed by atoms with E-state index in [0.29, 0.717) is 30.2 Å². The molecule has 0 spiro atoms. The summed E-state index contributed by atoms with van der Waals surface area (Å²) in [4.78, 5) is 19.0. The minimum absolute atomic E-state index is 0.189. The number of methoxy groups -OCH3 is 2. The highest BCUT2D eigenvalue weighted by atomic mass is 16.5. The van der Waals surface area contributed by atoms with Gasteiger partial charge in [0.1, 0.15) is 23.3 Å². The van der Waals surface area contributed by atoms with E-state index in [0.717, 1.165) is 53.7 Å². The van der Waals surface area contributed by atoms with Crippen LogP contribution in [-0.4, -0.2) is 44.3 Å². The van der Waals surface area contributed by atoms with E-state index in [9.17, 15) is 4.79 Å². The van der Waals surface area contributed by atoms with Crippen LogP contribution in [0.4, 0.5) is 0 Å². The Labute approximate surface area is 231 Å². The number of rotatable bonds is 10. The van der Waals surface area contributed by atoms with Crippen molar-refractivity contribution in [1.29, 1.82) is 0 Å². The molecule has 1 N–H and O–H groups in total. The SMILES string of the molecule is COc1cccc(CN(Cc2ccco2)C(c2cc3cc(OC)ccc3[nH]c2=O)c2nnnn2C2CCCC2)c1. The third kappa shape index (κ3) is 5.22. The number of fused-ring (bicyclic) bond motifs is 1. The first-order valence-corrected chi connectivity index (χ1v) is 13.5. The minimum Gasteiger partial charge on any atom is -0.497 e. The molecule has 2 aromatic carbocycles. The van der Waals surface area contributed by atoms with Gasteiger partial charge in [0.15, 0.2) is 5.82 Å². The van der Waals surface area contributed by atoms with Crippen LogP contribution in [0.15, 0.2) is 76.1 Å². The number of furan rings is 1. The third-order valence-electron chi connectivity index (χ3n) is 7.63. The van der Waals surface area contributed by atoms with Crippen LogP contribution in [0.5, 0.6) is 11.5 Å². The van der Waals surface area contributed by atoms with E-state index in [2.05, 4.69) is 25.4 Å². The van der Waals surface area contributed by atoms with Crippen LogP contribution in [0.2, 0.25) is 0 Å². The number of nitrogens with zero attached hydrogens (tertiary/aromatic N) is 5. The molecule has 1 atom stereocenters. The quantitative estimate of drug-likeness (QED) is 0.263. The van der Waals surface area contributed by atoms with Crippen LogP contribution >= 0.6 is 0 Å². The van der Waals surface area contributed by atoms with E-state index in [1.807, 2.05) is 65.3 Å². The molecule has 10 heteroatoms. The van der Waals surface area contributed by atoms with Crippen molar-refractivity contribution in [1.82, 2.24) is 30.1 Å². The molecule has 3 aromatic heterocycles. The molecule has 0 saturated heterocycles. The molecule has 1 aliphatic carbocycles. The molecule has 1 fully saturated rings. The number of aromatic amines is 1. The van der Waals surface area contributed by atoms with E-state index in [1.54, 1.807) is 20.5 Å². The fourth-order valence-corrected chi connectivity index (χ4v) is 5.67. The summed E-state index contributed by atoms with van der Waals surface area (Å²) in [5.74, 6) is 2.88. The Hall–Kier alpha value is -4.44. The minimum atomic E-state index is -0.564. The lowest BCUT2D eigenvalue weighted by atomic mass is 10.0. The van der Waals surface area contributed by atoms with Crippen LogP contribution < -0.4 is 15.0 Å². The van der Waals surface area contributed by atoms with Gasteiger partial charge in [0.25, 0.3) is 5.56 Å². The highest BCUT2D eigenvalue weighted by Gasteiger charge is 2.34. The maximum Gasteiger partial charge on any atom is 0.253 e. The summed E-state index contributed by atoms with van der Waals surface area (Å²) < 4.78 is 18.7. The van der Waals surface area contributed by atoms with E-state index < -0.39 is 6.04 Å². The molecule has 40 heavy (non-hydrogen) atoms. The number of hydrogen-bond donors (Lipinski definition) is 1. The van der Waals surface area contributed by atoms with Crippen molar-refractivity contribution in [2.75, 3.05) is 14.2 Å². The van der Waals surface area contributed by atoms with Gasteiger partial charge >= 0.3 is 0 Å². The molecule has 0 bridgehead atoms. The zero-order valence-electron chi connectivity index (χ0n) is 22.6. The molecular formula is C30H32N6O4. The van der Waals surface area contributed by atoms with Gasteiger partial charge in [-0.3, -0.25) is 9.69 Å². The predicted octanol–water partition coefficient (Wildman–Crippen LogP) is 5.03. The molecule has 5 aromatic rings. The second-order valence-corrected chi connectivity index (χ2v) is 10.2. The molecule has 10 nitrogen and oxygen atoms in total. The molecule has 0 radical (unpaired) electrons. The van der Waals surface area contributed by atoms with Crippen LogP contribution in [0.3, 0.4) is 0 Å². The second-order valence-electron chi connectivity index (χ2n) is 10.2. The molecule has 0 amide bonds. The van der Waals surface area contributed by atoms with Gasteiger partial charge in [-0.1, -0.05) is 25.0 Å².